The Balaban J connectivity index is 2.02. The van der Waals surface area contributed by atoms with E-state index in [0.29, 0.717) is 17.6 Å². The molecule has 1 aromatic carbocycles. The van der Waals surface area contributed by atoms with Crippen LogP contribution in [0.3, 0.4) is 0 Å². The average Bonchev–Trinajstić information content (AvgIpc) is 2.34. The van der Waals surface area contributed by atoms with Crippen molar-refractivity contribution in [3.05, 3.63) is 29.6 Å². The monoisotopic (exact) mass is 251 g/mol. The lowest BCUT2D eigenvalue weighted by Crippen LogP contribution is -2.36. The van der Waals surface area contributed by atoms with Crippen molar-refractivity contribution < 1.29 is 9.13 Å². The summed E-state index contributed by atoms with van der Waals surface area (Å²) in [6.07, 6.45) is 2.17. The molecular formula is C15H22FNO. The number of aryl methyl sites for hydroxylation is 1. The lowest BCUT2D eigenvalue weighted by atomic mass is 9.95. The molecule has 2 atom stereocenters. The summed E-state index contributed by atoms with van der Waals surface area (Å²) in [7, 11) is 0. The van der Waals surface area contributed by atoms with Gasteiger partial charge in [0.05, 0.1) is 11.8 Å². The molecule has 100 valence electrons. The highest BCUT2D eigenvalue weighted by molar-refractivity contribution is 5.47. The van der Waals surface area contributed by atoms with Crippen LogP contribution in [0, 0.1) is 18.7 Å². The molecule has 18 heavy (non-hydrogen) atoms. The second-order valence-corrected chi connectivity index (χ2v) is 5.50. The molecule has 1 N–H and O–H groups in total. The van der Waals surface area contributed by atoms with Gasteiger partial charge in [-0.05, 0) is 43.4 Å². The summed E-state index contributed by atoms with van der Waals surface area (Å²) in [4.78, 5) is 0. The molecule has 0 saturated carbocycles. The minimum atomic E-state index is -0.173. The van der Waals surface area contributed by atoms with E-state index < -0.39 is 0 Å². The molecule has 0 radical (unpaired) electrons. The SMILES string of the molecule is Cc1ccc(F)c(NC2CCOC(C(C)C)C2)c1. The molecule has 0 spiro atoms. The Morgan fingerprint density at radius 1 is 1.39 bits per heavy atom. The van der Waals surface area contributed by atoms with Gasteiger partial charge in [-0.2, -0.15) is 0 Å². The molecule has 1 aromatic rings. The van der Waals surface area contributed by atoms with Crippen LogP contribution >= 0.6 is 0 Å². The highest BCUT2D eigenvalue weighted by Crippen LogP contribution is 2.24. The molecule has 1 saturated heterocycles. The van der Waals surface area contributed by atoms with Crippen LogP contribution < -0.4 is 5.32 Å². The summed E-state index contributed by atoms with van der Waals surface area (Å²) in [5.74, 6) is 0.338. The van der Waals surface area contributed by atoms with Gasteiger partial charge in [-0.15, -0.1) is 0 Å². The van der Waals surface area contributed by atoms with Crippen LogP contribution in [0.2, 0.25) is 0 Å². The maximum Gasteiger partial charge on any atom is 0.146 e. The molecule has 2 unspecified atom stereocenters. The summed E-state index contributed by atoms with van der Waals surface area (Å²) >= 11 is 0. The van der Waals surface area contributed by atoms with Gasteiger partial charge in [0.15, 0.2) is 0 Å². The lowest BCUT2D eigenvalue weighted by molar-refractivity contribution is -0.0161. The van der Waals surface area contributed by atoms with E-state index in [-0.39, 0.29) is 11.9 Å². The lowest BCUT2D eigenvalue weighted by Gasteiger charge is -2.33. The Morgan fingerprint density at radius 3 is 2.89 bits per heavy atom. The van der Waals surface area contributed by atoms with Gasteiger partial charge in [-0.25, -0.2) is 4.39 Å². The summed E-state index contributed by atoms with van der Waals surface area (Å²) in [6, 6.07) is 5.50. The molecular weight excluding hydrogens is 229 g/mol. The molecule has 2 rings (SSSR count). The molecule has 0 aromatic heterocycles. The molecule has 1 fully saturated rings. The van der Waals surface area contributed by atoms with Crippen LogP contribution in [0.5, 0.6) is 0 Å². The predicted octanol–water partition coefficient (Wildman–Crippen LogP) is 3.75. The summed E-state index contributed by atoms with van der Waals surface area (Å²) < 4.78 is 19.4. The average molecular weight is 251 g/mol. The first-order valence-corrected chi connectivity index (χ1v) is 6.70. The van der Waals surface area contributed by atoms with E-state index >= 15 is 0 Å². The maximum absolute atomic E-state index is 13.7. The van der Waals surface area contributed by atoms with E-state index in [1.54, 1.807) is 6.07 Å². The van der Waals surface area contributed by atoms with Gasteiger partial charge in [0, 0.05) is 12.6 Å². The first-order valence-electron chi connectivity index (χ1n) is 6.70. The van der Waals surface area contributed by atoms with Crippen LogP contribution in [0.4, 0.5) is 10.1 Å². The van der Waals surface area contributed by atoms with Crippen LogP contribution in [-0.4, -0.2) is 18.8 Å². The third-order valence-electron chi connectivity index (χ3n) is 3.54. The Hall–Kier alpha value is -1.09. The zero-order chi connectivity index (χ0) is 13.1. The van der Waals surface area contributed by atoms with Crippen LogP contribution in [-0.2, 0) is 4.74 Å². The van der Waals surface area contributed by atoms with E-state index in [0.717, 1.165) is 25.0 Å². The van der Waals surface area contributed by atoms with Crippen molar-refractivity contribution in [1.82, 2.24) is 0 Å². The fourth-order valence-corrected chi connectivity index (χ4v) is 2.39. The molecule has 3 heteroatoms. The number of rotatable bonds is 3. The molecule has 1 aliphatic rings. The van der Waals surface area contributed by atoms with E-state index in [2.05, 4.69) is 19.2 Å². The summed E-state index contributed by atoms with van der Waals surface area (Å²) in [5.41, 5.74) is 1.69. The van der Waals surface area contributed by atoms with Crippen molar-refractivity contribution >= 4 is 5.69 Å². The smallest absolute Gasteiger partial charge is 0.146 e. The number of hydrogen-bond donors (Lipinski definition) is 1. The summed E-state index contributed by atoms with van der Waals surface area (Å²) in [6.45, 7) is 7.07. The Kier molecular flexibility index (Phi) is 4.23. The largest absolute Gasteiger partial charge is 0.380 e. The van der Waals surface area contributed by atoms with Crippen molar-refractivity contribution in [3.8, 4) is 0 Å². The molecule has 0 amide bonds. The number of hydrogen-bond acceptors (Lipinski definition) is 2. The topological polar surface area (TPSA) is 21.3 Å². The van der Waals surface area contributed by atoms with Gasteiger partial charge in [-0.1, -0.05) is 19.9 Å². The van der Waals surface area contributed by atoms with Crippen LogP contribution in [0.1, 0.15) is 32.3 Å². The van der Waals surface area contributed by atoms with Gasteiger partial charge >= 0.3 is 0 Å². The third-order valence-corrected chi connectivity index (χ3v) is 3.54. The van der Waals surface area contributed by atoms with Crippen molar-refractivity contribution in [3.63, 3.8) is 0 Å². The Morgan fingerprint density at radius 2 is 2.17 bits per heavy atom. The van der Waals surface area contributed by atoms with E-state index in [9.17, 15) is 4.39 Å². The second kappa shape index (κ2) is 5.70. The van der Waals surface area contributed by atoms with Gasteiger partial charge in [0.1, 0.15) is 5.82 Å². The van der Waals surface area contributed by atoms with Gasteiger partial charge in [-0.3, -0.25) is 0 Å². The number of benzene rings is 1. The van der Waals surface area contributed by atoms with Crippen molar-refractivity contribution in [2.24, 2.45) is 5.92 Å². The fourth-order valence-electron chi connectivity index (χ4n) is 2.39. The minimum absolute atomic E-state index is 0.173. The normalized spacial score (nSPS) is 24.3. The zero-order valence-corrected chi connectivity index (χ0v) is 11.4. The predicted molar refractivity (Wildman–Crippen MR) is 72.4 cm³/mol. The molecule has 1 aliphatic heterocycles. The number of anilines is 1. The number of halogens is 1. The van der Waals surface area contributed by atoms with Crippen LogP contribution in [0.15, 0.2) is 18.2 Å². The standard InChI is InChI=1S/C15H22FNO/c1-10(2)15-9-12(6-7-18-15)17-14-8-11(3)4-5-13(14)16/h4-5,8,10,12,15,17H,6-7,9H2,1-3H3. The Bertz CT molecular complexity index is 405. The van der Waals surface area contributed by atoms with Crippen LogP contribution in [0.25, 0.3) is 0 Å². The minimum Gasteiger partial charge on any atom is -0.380 e. The molecule has 0 aliphatic carbocycles. The summed E-state index contributed by atoms with van der Waals surface area (Å²) in [5, 5.41) is 3.32. The third kappa shape index (κ3) is 3.22. The zero-order valence-electron chi connectivity index (χ0n) is 11.4. The fraction of sp³-hybridized carbons (Fsp3) is 0.600. The first kappa shape index (κ1) is 13.3. The van der Waals surface area contributed by atoms with E-state index in [4.69, 9.17) is 4.74 Å². The number of ether oxygens (including phenoxy) is 1. The van der Waals surface area contributed by atoms with E-state index in [1.165, 1.54) is 6.07 Å². The number of nitrogens with one attached hydrogen (secondary N) is 1. The van der Waals surface area contributed by atoms with Gasteiger partial charge in [0.2, 0.25) is 0 Å². The molecule has 0 bridgehead atoms. The second-order valence-electron chi connectivity index (χ2n) is 5.50. The highest BCUT2D eigenvalue weighted by Gasteiger charge is 2.25. The van der Waals surface area contributed by atoms with Crippen molar-refractivity contribution in [2.45, 2.75) is 45.8 Å². The maximum atomic E-state index is 13.7. The Labute approximate surface area is 109 Å². The van der Waals surface area contributed by atoms with Gasteiger partial charge in [0.25, 0.3) is 0 Å². The van der Waals surface area contributed by atoms with Crippen molar-refractivity contribution in [1.29, 1.82) is 0 Å². The van der Waals surface area contributed by atoms with E-state index in [1.807, 2.05) is 13.0 Å². The first-order chi connectivity index (χ1) is 8.56. The quantitative estimate of drug-likeness (QED) is 0.883. The molecule has 1 heterocycles. The van der Waals surface area contributed by atoms with Gasteiger partial charge < -0.3 is 10.1 Å². The highest BCUT2D eigenvalue weighted by atomic mass is 19.1. The molecule has 2 nitrogen and oxygen atoms in total. The van der Waals surface area contributed by atoms with Crippen molar-refractivity contribution in [2.75, 3.05) is 11.9 Å².